The lowest BCUT2D eigenvalue weighted by Gasteiger charge is -2.22. The number of amides is 4. The van der Waals surface area contributed by atoms with Crippen LogP contribution in [-0.4, -0.2) is 40.9 Å². The molecular weight excluding hydrogens is 362 g/mol. The Kier molecular flexibility index (Phi) is 4.87. The number of carbonyl (C=O) groups excluding carboxylic acids is 3. The lowest BCUT2D eigenvalue weighted by Crippen LogP contribution is -2.40. The van der Waals surface area contributed by atoms with Gasteiger partial charge in [0.1, 0.15) is 5.54 Å². The predicted molar refractivity (Wildman–Crippen MR) is 99.7 cm³/mol. The largest absolute Gasteiger partial charge is 0.478 e. The second kappa shape index (κ2) is 7.15. The van der Waals surface area contributed by atoms with Crippen molar-refractivity contribution in [1.29, 1.82) is 0 Å². The molecule has 3 N–H and O–H groups in total. The number of urea groups is 1. The maximum atomic E-state index is 12.6. The number of rotatable bonds is 5. The fraction of sp³-hybridized carbons (Fsp3) is 0.200. The summed E-state index contributed by atoms with van der Waals surface area (Å²) in [6.07, 6.45) is 0. The van der Waals surface area contributed by atoms with E-state index >= 15 is 0 Å². The highest BCUT2D eigenvalue weighted by Crippen LogP contribution is 2.25. The highest BCUT2D eigenvalue weighted by molar-refractivity contribution is 6.07. The summed E-state index contributed by atoms with van der Waals surface area (Å²) in [5.41, 5.74) is 0.817. The molecule has 8 heteroatoms. The summed E-state index contributed by atoms with van der Waals surface area (Å²) in [7, 11) is 1.65. The summed E-state index contributed by atoms with van der Waals surface area (Å²) in [6.45, 7) is 1.91. The summed E-state index contributed by atoms with van der Waals surface area (Å²) in [5.74, 6) is -1.67. The second-order valence-corrected chi connectivity index (χ2v) is 6.77. The first-order valence-electron chi connectivity index (χ1n) is 8.52. The van der Waals surface area contributed by atoms with Crippen molar-refractivity contribution >= 4 is 23.8 Å². The van der Waals surface area contributed by atoms with Gasteiger partial charge in [-0.15, -0.1) is 0 Å². The standard InChI is InChI=1S/C20H19N3O5/c1-20(18(27)21-19(28)22-20)15-9-7-13(8-10-15)16(24)23(2)11-12-3-5-14(6-4-12)17(25)26/h3-10H,11H2,1-2H3,(H,25,26)(H2,21,22,27,28)/t20-/m0/s1. The van der Waals surface area contributed by atoms with Gasteiger partial charge in [-0.2, -0.15) is 0 Å². The van der Waals surface area contributed by atoms with Crippen molar-refractivity contribution in [3.8, 4) is 0 Å². The zero-order valence-electron chi connectivity index (χ0n) is 15.4. The third-order valence-corrected chi connectivity index (χ3v) is 4.72. The summed E-state index contributed by atoms with van der Waals surface area (Å²) in [5, 5.41) is 13.7. The molecule has 144 valence electrons. The Labute approximate surface area is 161 Å². The van der Waals surface area contributed by atoms with Crippen LogP contribution in [0.4, 0.5) is 4.79 Å². The molecule has 0 aromatic heterocycles. The molecule has 1 aliphatic heterocycles. The molecule has 3 rings (SSSR count). The molecule has 1 aliphatic rings. The smallest absolute Gasteiger partial charge is 0.335 e. The van der Waals surface area contributed by atoms with E-state index in [1.807, 2.05) is 0 Å². The summed E-state index contributed by atoms with van der Waals surface area (Å²) in [6, 6.07) is 12.2. The molecule has 0 saturated carbocycles. The fourth-order valence-corrected chi connectivity index (χ4v) is 3.01. The molecule has 1 saturated heterocycles. The van der Waals surface area contributed by atoms with Gasteiger partial charge in [0.2, 0.25) is 0 Å². The molecule has 28 heavy (non-hydrogen) atoms. The van der Waals surface area contributed by atoms with Crippen LogP contribution < -0.4 is 10.6 Å². The molecule has 0 bridgehead atoms. The quantitative estimate of drug-likeness (QED) is 0.682. The third-order valence-electron chi connectivity index (χ3n) is 4.72. The number of nitrogens with one attached hydrogen (secondary N) is 2. The van der Waals surface area contributed by atoms with Gasteiger partial charge in [-0.25, -0.2) is 9.59 Å². The van der Waals surface area contributed by atoms with Crippen molar-refractivity contribution in [2.75, 3.05) is 7.05 Å². The summed E-state index contributed by atoms with van der Waals surface area (Å²) in [4.78, 5) is 48.4. The van der Waals surface area contributed by atoms with Crippen LogP contribution in [0.1, 0.15) is 38.8 Å². The number of carbonyl (C=O) groups is 4. The van der Waals surface area contributed by atoms with Crippen LogP contribution in [0.2, 0.25) is 0 Å². The SMILES string of the molecule is CN(Cc1ccc(C(=O)O)cc1)C(=O)c1ccc([C@]2(C)NC(=O)NC2=O)cc1. The topological polar surface area (TPSA) is 116 Å². The Hall–Kier alpha value is -3.68. The van der Waals surface area contributed by atoms with E-state index < -0.39 is 23.4 Å². The number of hydrogen-bond donors (Lipinski definition) is 3. The number of hydrogen-bond acceptors (Lipinski definition) is 4. The maximum Gasteiger partial charge on any atom is 0.335 e. The summed E-state index contributed by atoms with van der Waals surface area (Å²) >= 11 is 0. The Bertz CT molecular complexity index is 953. The van der Waals surface area contributed by atoms with Gasteiger partial charge in [0.05, 0.1) is 5.56 Å². The van der Waals surface area contributed by atoms with E-state index in [1.54, 1.807) is 50.4 Å². The molecule has 1 heterocycles. The Balaban J connectivity index is 1.71. The minimum atomic E-state index is -1.17. The van der Waals surface area contributed by atoms with Gasteiger partial charge in [0, 0.05) is 19.2 Å². The molecule has 4 amide bonds. The zero-order valence-corrected chi connectivity index (χ0v) is 15.4. The van der Waals surface area contributed by atoms with Gasteiger partial charge in [0.25, 0.3) is 11.8 Å². The van der Waals surface area contributed by atoms with Gasteiger partial charge in [-0.3, -0.25) is 14.9 Å². The van der Waals surface area contributed by atoms with Crippen molar-refractivity contribution < 1.29 is 24.3 Å². The summed E-state index contributed by atoms with van der Waals surface area (Å²) < 4.78 is 0. The molecule has 0 unspecified atom stereocenters. The third kappa shape index (κ3) is 3.57. The van der Waals surface area contributed by atoms with Gasteiger partial charge >= 0.3 is 12.0 Å². The molecule has 2 aromatic rings. The molecule has 0 spiro atoms. The van der Waals surface area contributed by atoms with E-state index in [9.17, 15) is 19.2 Å². The first kappa shape index (κ1) is 19.1. The number of carboxylic acid groups (broad SMARTS) is 1. The van der Waals surface area contributed by atoms with Gasteiger partial charge in [-0.1, -0.05) is 24.3 Å². The van der Waals surface area contributed by atoms with Crippen LogP contribution in [-0.2, 0) is 16.9 Å². The first-order chi connectivity index (χ1) is 13.2. The highest BCUT2D eigenvalue weighted by Gasteiger charge is 2.43. The van der Waals surface area contributed by atoms with Crippen molar-refractivity contribution in [2.45, 2.75) is 19.0 Å². The monoisotopic (exact) mass is 381 g/mol. The van der Waals surface area contributed by atoms with Gasteiger partial charge in [-0.05, 0) is 42.3 Å². The van der Waals surface area contributed by atoms with E-state index in [4.69, 9.17) is 5.11 Å². The minimum Gasteiger partial charge on any atom is -0.478 e. The predicted octanol–water partition coefficient (Wildman–Crippen LogP) is 1.71. The molecule has 0 radical (unpaired) electrons. The van der Waals surface area contributed by atoms with Crippen LogP contribution in [0.5, 0.6) is 0 Å². The molecule has 0 aliphatic carbocycles. The van der Waals surface area contributed by atoms with E-state index in [2.05, 4.69) is 10.6 Å². The van der Waals surface area contributed by atoms with Crippen molar-refractivity contribution in [3.05, 3.63) is 70.8 Å². The normalized spacial score (nSPS) is 18.4. The van der Waals surface area contributed by atoms with Gasteiger partial charge < -0.3 is 15.3 Å². The van der Waals surface area contributed by atoms with E-state index in [0.29, 0.717) is 17.7 Å². The first-order valence-corrected chi connectivity index (χ1v) is 8.52. The van der Waals surface area contributed by atoms with E-state index in [-0.39, 0.29) is 11.5 Å². The van der Waals surface area contributed by atoms with Gasteiger partial charge in [0.15, 0.2) is 0 Å². The van der Waals surface area contributed by atoms with Crippen LogP contribution in [0.15, 0.2) is 48.5 Å². The Morgan fingerprint density at radius 3 is 2.07 bits per heavy atom. The average molecular weight is 381 g/mol. The van der Waals surface area contributed by atoms with Crippen LogP contribution in [0.3, 0.4) is 0 Å². The molecule has 1 fully saturated rings. The minimum absolute atomic E-state index is 0.185. The van der Waals surface area contributed by atoms with E-state index in [1.165, 1.54) is 17.0 Å². The van der Waals surface area contributed by atoms with Crippen molar-refractivity contribution in [1.82, 2.24) is 15.5 Å². The van der Waals surface area contributed by atoms with E-state index in [0.717, 1.165) is 5.56 Å². The molecule has 8 nitrogen and oxygen atoms in total. The molecule has 1 atom stereocenters. The molecular formula is C20H19N3O5. The number of aromatic carboxylic acids is 1. The number of carboxylic acids is 1. The number of benzene rings is 2. The van der Waals surface area contributed by atoms with Crippen molar-refractivity contribution in [3.63, 3.8) is 0 Å². The maximum absolute atomic E-state index is 12.6. The van der Waals surface area contributed by atoms with Crippen LogP contribution in [0.25, 0.3) is 0 Å². The second-order valence-electron chi connectivity index (χ2n) is 6.77. The number of imide groups is 1. The fourth-order valence-electron chi connectivity index (χ4n) is 3.01. The zero-order chi connectivity index (χ0) is 20.5. The number of nitrogens with zero attached hydrogens (tertiary/aromatic N) is 1. The lowest BCUT2D eigenvalue weighted by molar-refractivity contribution is -0.123. The Morgan fingerprint density at radius 2 is 1.57 bits per heavy atom. The highest BCUT2D eigenvalue weighted by atomic mass is 16.4. The Morgan fingerprint density at radius 1 is 1.00 bits per heavy atom. The van der Waals surface area contributed by atoms with Crippen molar-refractivity contribution in [2.24, 2.45) is 0 Å². The van der Waals surface area contributed by atoms with Crippen LogP contribution >= 0.6 is 0 Å². The lowest BCUT2D eigenvalue weighted by atomic mass is 9.91. The molecule has 2 aromatic carbocycles. The average Bonchev–Trinajstić information content (AvgIpc) is 2.94. The van der Waals surface area contributed by atoms with Crippen LogP contribution in [0, 0.1) is 0 Å².